The third kappa shape index (κ3) is 3.70. The SMILES string of the molecule is Cc1cccc2[nH]cc(CCNc3nc(C4C=NC=C(F)C4)nc4c3NCN4C(C)C)c12. The normalized spacial score (nSPS) is 17.6. The number of benzene rings is 1. The molecule has 2 aromatic heterocycles. The predicted octanol–water partition coefficient (Wildman–Crippen LogP) is 4.89. The van der Waals surface area contributed by atoms with Gasteiger partial charge in [0.25, 0.3) is 0 Å². The number of allylic oxidation sites excluding steroid dienone is 1. The molecule has 3 aromatic rings. The van der Waals surface area contributed by atoms with Crippen LogP contribution >= 0.6 is 0 Å². The Labute approximate surface area is 186 Å². The molecule has 0 aliphatic carbocycles. The number of aromatic nitrogens is 3. The van der Waals surface area contributed by atoms with Crippen LogP contribution in [0.2, 0.25) is 0 Å². The van der Waals surface area contributed by atoms with Gasteiger partial charge in [-0.2, -0.15) is 0 Å². The second-order valence-electron chi connectivity index (χ2n) is 8.70. The molecule has 166 valence electrons. The van der Waals surface area contributed by atoms with Gasteiger partial charge < -0.3 is 20.5 Å². The van der Waals surface area contributed by atoms with Crippen molar-refractivity contribution in [1.82, 2.24) is 15.0 Å². The fraction of sp³-hybridized carbons (Fsp3) is 0.375. The summed E-state index contributed by atoms with van der Waals surface area (Å²) in [6.07, 6.45) is 6.17. The number of anilines is 3. The first kappa shape index (κ1) is 20.5. The van der Waals surface area contributed by atoms with E-state index in [9.17, 15) is 4.39 Å². The summed E-state index contributed by atoms with van der Waals surface area (Å²) in [5, 5.41) is 8.23. The van der Waals surface area contributed by atoms with Gasteiger partial charge in [0.2, 0.25) is 0 Å². The fourth-order valence-corrected chi connectivity index (χ4v) is 4.46. The lowest BCUT2D eigenvalue weighted by atomic mass is 10.0. The van der Waals surface area contributed by atoms with Gasteiger partial charge in [-0.15, -0.1) is 0 Å². The van der Waals surface area contributed by atoms with Gasteiger partial charge in [0.1, 0.15) is 17.3 Å². The zero-order valence-corrected chi connectivity index (χ0v) is 18.6. The quantitative estimate of drug-likeness (QED) is 0.516. The van der Waals surface area contributed by atoms with Crippen LogP contribution in [0.25, 0.3) is 10.9 Å². The van der Waals surface area contributed by atoms with E-state index in [-0.39, 0.29) is 24.2 Å². The van der Waals surface area contributed by atoms with Gasteiger partial charge in [0.05, 0.1) is 18.8 Å². The Bertz CT molecular complexity index is 1210. The second kappa shape index (κ2) is 8.26. The van der Waals surface area contributed by atoms with Gasteiger partial charge in [-0.1, -0.05) is 12.1 Å². The molecule has 0 amide bonds. The molecule has 0 saturated carbocycles. The number of hydrogen-bond acceptors (Lipinski definition) is 6. The highest BCUT2D eigenvalue weighted by molar-refractivity contribution is 5.86. The zero-order chi connectivity index (χ0) is 22.2. The summed E-state index contributed by atoms with van der Waals surface area (Å²) in [7, 11) is 0. The first-order valence-corrected chi connectivity index (χ1v) is 11.1. The van der Waals surface area contributed by atoms with E-state index in [1.807, 2.05) is 0 Å². The molecule has 3 N–H and O–H groups in total. The van der Waals surface area contributed by atoms with Gasteiger partial charge in [-0.05, 0) is 44.4 Å². The highest BCUT2D eigenvalue weighted by atomic mass is 19.1. The van der Waals surface area contributed by atoms with Crippen LogP contribution in [0, 0.1) is 6.92 Å². The molecule has 0 fully saturated rings. The lowest BCUT2D eigenvalue weighted by Crippen LogP contribution is -2.30. The van der Waals surface area contributed by atoms with E-state index in [0.717, 1.165) is 35.8 Å². The summed E-state index contributed by atoms with van der Waals surface area (Å²) >= 11 is 0. The Morgan fingerprint density at radius 2 is 2.16 bits per heavy atom. The topological polar surface area (TPSA) is 81.2 Å². The maximum Gasteiger partial charge on any atom is 0.159 e. The van der Waals surface area contributed by atoms with Crippen molar-refractivity contribution in [3.05, 3.63) is 53.4 Å². The van der Waals surface area contributed by atoms with Crippen molar-refractivity contribution in [2.75, 3.05) is 28.7 Å². The smallest absolute Gasteiger partial charge is 0.159 e. The first-order valence-electron chi connectivity index (χ1n) is 11.1. The van der Waals surface area contributed by atoms with E-state index >= 15 is 0 Å². The molecule has 1 atom stereocenters. The molecule has 0 bridgehead atoms. The van der Waals surface area contributed by atoms with Crippen LogP contribution in [0.3, 0.4) is 0 Å². The summed E-state index contributed by atoms with van der Waals surface area (Å²) in [4.78, 5) is 19.2. The molecule has 8 heteroatoms. The maximum absolute atomic E-state index is 13.9. The molecule has 1 aromatic carbocycles. The van der Waals surface area contributed by atoms with E-state index in [1.165, 1.54) is 22.7 Å². The number of nitrogens with one attached hydrogen (secondary N) is 3. The summed E-state index contributed by atoms with van der Waals surface area (Å²) in [6.45, 7) is 7.81. The Hall–Kier alpha value is -3.42. The first-order chi connectivity index (χ1) is 15.5. The molecule has 1 unspecified atom stereocenters. The standard InChI is InChI=1S/C24H28FN7/c1-14(2)32-13-29-21-23(30-22(31-24(21)32)17-9-18(25)12-26-10-17)27-8-7-16-11-28-19-6-4-5-15(3)20(16)19/h4-6,10-12,14,17,28-29H,7-9,13H2,1-3H3,(H,27,30,31). The molecule has 5 rings (SSSR count). The van der Waals surface area contributed by atoms with Crippen molar-refractivity contribution in [3.8, 4) is 0 Å². The molecular formula is C24H28FN7. The second-order valence-corrected chi connectivity index (χ2v) is 8.70. The average molecular weight is 434 g/mol. The summed E-state index contributed by atoms with van der Waals surface area (Å²) in [6, 6.07) is 6.60. The number of rotatable bonds is 6. The van der Waals surface area contributed by atoms with Crippen molar-refractivity contribution in [2.24, 2.45) is 4.99 Å². The Morgan fingerprint density at radius 3 is 2.97 bits per heavy atom. The van der Waals surface area contributed by atoms with E-state index in [2.05, 4.69) is 70.7 Å². The van der Waals surface area contributed by atoms with Crippen LogP contribution in [-0.4, -0.2) is 40.4 Å². The molecule has 0 radical (unpaired) electrons. The van der Waals surface area contributed by atoms with Crippen LogP contribution in [0.15, 0.2) is 41.4 Å². The van der Waals surface area contributed by atoms with Crippen LogP contribution in [0.5, 0.6) is 0 Å². The van der Waals surface area contributed by atoms with Crippen LogP contribution in [-0.2, 0) is 6.42 Å². The summed E-state index contributed by atoms with van der Waals surface area (Å²) in [5.41, 5.74) is 4.61. The van der Waals surface area contributed by atoms with E-state index in [4.69, 9.17) is 9.97 Å². The van der Waals surface area contributed by atoms with Gasteiger partial charge in [-0.25, -0.2) is 14.4 Å². The number of aliphatic imine (C=N–C) groups is 1. The summed E-state index contributed by atoms with van der Waals surface area (Å²) < 4.78 is 13.9. The Morgan fingerprint density at radius 1 is 1.28 bits per heavy atom. The third-order valence-corrected chi connectivity index (χ3v) is 6.14. The molecule has 0 saturated heterocycles. The summed E-state index contributed by atoms with van der Waals surface area (Å²) in [5.74, 6) is 1.70. The van der Waals surface area contributed by atoms with Crippen molar-refractivity contribution in [1.29, 1.82) is 0 Å². The number of aryl methyl sites for hydroxylation is 1. The fourth-order valence-electron chi connectivity index (χ4n) is 4.46. The van der Waals surface area contributed by atoms with Gasteiger partial charge in [0, 0.05) is 42.3 Å². The lowest BCUT2D eigenvalue weighted by Gasteiger charge is -2.23. The highest BCUT2D eigenvalue weighted by Gasteiger charge is 2.29. The predicted molar refractivity (Wildman–Crippen MR) is 128 cm³/mol. The van der Waals surface area contributed by atoms with E-state index in [1.54, 1.807) is 6.21 Å². The van der Waals surface area contributed by atoms with Crippen molar-refractivity contribution in [2.45, 2.75) is 45.6 Å². The maximum atomic E-state index is 13.9. The highest BCUT2D eigenvalue weighted by Crippen LogP contribution is 2.38. The van der Waals surface area contributed by atoms with E-state index < -0.39 is 0 Å². The van der Waals surface area contributed by atoms with E-state index in [0.29, 0.717) is 12.5 Å². The largest absolute Gasteiger partial charge is 0.368 e. The van der Waals surface area contributed by atoms with Gasteiger partial charge >= 0.3 is 0 Å². The van der Waals surface area contributed by atoms with Crippen molar-refractivity contribution in [3.63, 3.8) is 0 Å². The van der Waals surface area contributed by atoms with Crippen LogP contribution in [0.1, 0.15) is 43.1 Å². The molecule has 2 aliphatic rings. The minimum atomic E-state index is -0.267. The Balaban J connectivity index is 1.42. The molecule has 7 nitrogen and oxygen atoms in total. The number of H-pyrrole nitrogens is 1. The van der Waals surface area contributed by atoms with Crippen LogP contribution < -0.4 is 15.5 Å². The van der Waals surface area contributed by atoms with Crippen molar-refractivity contribution < 1.29 is 4.39 Å². The Kier molecular flexibility index (Phi) is 5.28. The average Bonchev–Trinajstić information content (AvgIpc) is 3.39. The number of hydrogen-bond donors (Lipinski definition) is 3. The third-order valence-electron chi connectivity index (χ3n) is 6.14. The lowest BCUT2D eigenvalue weighted by molar-refractivity contribution is 0.563. The monoisotopic (exact) mass is 433 g/mol. The minimum absolute atomic E-state index is 0.242. The molecule has 2 aliphatic heterocycles. The number of fused-ring (bicyclic) bond motifs is 2. The molecule has 32 heavy (non-hydrogen) atoms. The molecular weight excluding hydrogens is 405 g/mol. The number of aromatic amines is 1. The van der Waals surface area contributed by atoms with Crippen molar-refractivity contribution >= 4 is 34.4 Å². The number of nitrogens with zero attached hydrogens (tertiary/aromatic N) is 4. The van der Waals surface area contributed by atoms with Gasteiger partial charge in [-0.3, -0.25) is 4.99 Å². The molecule has 0 spiro atoms. The zero-order valence-electron chi connectivity index (χ0n) is 18.6. The minimum Gasteiger partial charge on any atom is -0.368 e. The number of halogens is 1. The van der Waals surface area contributed by atoms with Crippen LogP contribution in [0.4, 0.5) is 21.7 Å². The molecule has 4 heterocycles. The van der Waals surface area contributed by atoms with Gasteiger partial charge in [0.15, 0.2) is 11.6 Å².